The fraction of sp³-hybridized carbons (Fsp3) is 0.143. The summed E-state index contributed by atoms with van der Waals surface area (Å²) in [4.78, 5) is 22.8. The van der Waals surface area contributed by atoms with Crippen molar-refractivity contribution in [2.24, 2.45) is 0 Å². The summed E-state index contributed by atoms with van der Waals surface area (Å²) in [6, 6.07) is 5.42. The molecular weight excluding hydrogens is 323 g/mol. The molecule has 116 valence electrons. The minimum absolute atomic E-state index is 0.204. The van der Waals surface area contributed by atoms with Crippen LogP contribution in [0.5, 0.6) is 0 Å². The Bertz CT molecular complexity index is 784. The number of aromatic carboxylic acids is 1. The first kappa shape index (κ1) is 16.1. The second-order valence-electron chi connectivity index (χ2n) is 4.51. The van der Waals surface area contributed by atoms with E-state index in [0.717, 1.165) is 29.0 Å². The molecule has 1 heterocycles. The maximum absolute atomic E-state index is 12.7. The monoisotopic (exact) mass is 331 g/mol. The standard InChI is InChI=1S/C14H9ClF3NO3/c15-11-5-9(13(21)22)7-19(12(11)20)6-8-2-1-3-10(4-8)14(16,17)18/h1-5,7H,6H2,(H,21,22). The normalized spacial score (nSPS) is 11.5. The van der Waals surface area contributed by atoms with Crippen LogP contribution < -0.4 is 5.56 Å². The number of carboxylic acid groups (broad SMARTS) is 1. The van der Waals surface area contributed by atoms with Crippen LogP contribution in [0, 0.1) is 0 Å². The largest absolute Gasteiger partial charge is 0.478 e. The van der Waals surface area contributed by atoms with Gasteiger partial charge >= 0.3 is 12.1 Å². The van der Waals surface area contributed by atoms with Gasteiger partial charge in [0.2, 0.25) is 0 Å². The Hall–Kier alpha value is -2.28. The minimum atomic E-state index is -4.50. The average molecular weight is 332 g/mol. The second kappa shape index (κ2) is 5.84. The van der Waals surface area contributed by atoms with Crippen LogP contribution in [-0.2, 0) is 12.7 Å². The highest BCUT2D eigenvalue weighted by Gasteiger charge is 2.30. The quantitative estimate of drug-likeness (QED) is 0.939. The van der Waals surface area contributed by atoms with Crippen molar-refractivity contribution in [3.8, 4) is 0 Å². The minimum Gasteiger partial charge on any atom is -0.478 e. The number of hydrogen-bond donors (Lipinski definition) is 1. The van der Waals surface area contributed by atoms with Crippen molar-refractivity contribution in [3.05, 3.63) is 68.6 Å². The van der Waals surface area contributed by atoms with Crippen molar-refractivity contribution < 1.29 is 23.1 Å². The SMILES string of the molecule is O=C(O)c1cc(Cl)c(=O)n(Cc2cccc(C(F)(F)F)c2)c1. The molecule has 4 nitrogen and oxygen atoms in total. The number of nitrogens with zero attached hydrogens (tertiary/aromatic N) is 1. The molecule has 2 rings (SSSR count). The van der Waals surface area contributed by atoms with Crippen LogP contribution in [0.25, 0.3) is 0 Å². The van der Waals surface area contributed by atoms with Gasteiger partial charge in [0.05, 0.1) is 17.7 Å². The first-order chi connectivity index (χ1) is 10.2. The molecule has 1 aromatic heterocycles. The summed E-state index contributed by atoms with van der Waals surface area (Å²) in [5, 5.41) is 8.61. The molecule has 0 fully saturated rings. The molecule has 0 unspecified atom stereocenters. The van der Waals surface area contributed by atoms with Gasteiger partial charge in [-0.3, -0.25) is 4.79 Å². The Morgan fingerprint density at radius 3 is 2.55 bits per heavy atom. The zero-order valence-electron chi connectivity index (χ0n) is 10.9. The fourth-order valence-corrected chi connectivity index (χ4v) is 2.10. The second-order valence-corrected chi connectivity index (χ2v) is 4.92. The lowest BCUT2D eigenvalue weighted by Gasteiger charge is -2.11. The predicted octanol–water partition coefficient (Wildman–Crippen LogP) is 3.27. The summed E-state index contributed by atoms with van der Waals surface area (Å²) in [6.45, 7) is -0.219. The number of aromatic nitrogens is 1. The van der Waals surface area contributed by atoms with Gasteiger partial charge in [-0.2, -0.15) is 13.2 Å². The van der Waals surface area contributed by atoms with Crippen molar-refractivity contribution in [1.82, 2.24) is 4.57 Å². The van der Waals surface area contributed by atoms with Gasteiger partial charge in [0, 0.05) is 6.20 Å². The molecule has 0 aliphatic heterocycles. The number of alkyl halides is 3. The maximum Gasteiger partial charge on any atom is 0.416 e. The third-order valence-corrected chi connectivity index (χ3v) is 3.17. The number of carboxylic acids is 1. The van der Waals surface area contributed by atoms with E-state index in [0.29, 0.717) is 0 Å². The van der Waals surface area contributed by atoms with Crippen LogP contribution in [0.1, 0.15) is 21.5 Å². The molecule has 1 N–H and O–H groups in total. The molecule has 0 saturated heterocycles. The van der Waals surface area contributed by atoms with Crippen molar-refractivity contribution in [2.75, 3.05) is 0 Å². The van der Waals surface area contributed by atoms with Crippen molar-refractivity contribution >= 4 is 17.6 Å². The molecule has 0 saturated carbocycles. The van der Waals surface area contributed by atoms with E-state index in [1.165, 1.54) is 12.1 Å². The molecule has 0 aliphatic carbocycles. The number of hydrogen-bond acceptors (Lipinski definition) is 2. The van der Waals surface area contributed by atoms with Crippen molar-refractivity contribution in [2.45, 2.75) is 12.7 Å². The van der Waals surface area contributed by atoms with E-state index in [1.54, 1.807) is 0 Å². The lowest BCUT2D eigenvalue weighted by atomic mass is 10.1. The van der Waals surface area contributed by atoms with E-state index in [9.17, 15) is 22.8 Å². The molecule has 0 atom stereocenters. The Morgan fingerprint density at radius 2 is 1.95 bits per heavy atom. The van der Waals surface area contributed by atoms with E-state index in [2.05, 4.69) is 0 Å². The van der Waals surface area contributed by atoms with E-state index >= 15 is 0 Å². The topological polar surface area (TPSA) is 59.3 Å². The van der Waals surface area contributed by atoms with Crippen molar-refractivity contribution in [1.29, 1.82) is 0 Å². The molecule has 22 heavy (non-hydrogen) atoms. The van der Waals surface area contributed by atoms with E-state index in [-0.39, 0.29) is 22.7 Å². The maximum atomic E-state index is 12.7. The molecule has 0 aliphatic rings. The highest BCUT2D eigenvalue weighted by Crippen LogP contribution is 2.29. The summed E-state index contributed by atoms with van der Waals surface area (Å²) in [6.07, 6.45) is -3.46. The summed E-state index contributed by atoms with van der Waals surface area (Å²) in [5.74, 6) is -1.29. The lowest BCUT2D eigenvalue weighted by Crippen LogP contribution is -2.22. The molecule has 0 amide bonds. The summed E-state index contributed by atoms with van der Waals surface area (Å²) >= 11 is 5.66. The highest BCUT2D eigenvalue weighted by atomic mass is 35.5. The number of carbonyl (C=O) groups is 1. The number of benzene rings is 1. The Morgan fingerprint density at radius 1 is 1.27 bits per heavy atom. The Labute approximate surface area is 127 Å². The number of rotatable bonds is 3. The van der Waals surface area contributed by atoms with Gasteiger partial charge < -0.3 is 9.67 Å². The van der Waals surface area contributed by atoms with Crippen LogP contribution in [0.15, 0.2) is 41.3 Å². The van der Waals surface area contributed by atoms with Crippen molar-refractivity contribution in [3.63, 3.8) is 0 Å². The van der Waals surface area contributed by atoms with Gasteiger partial charge in [-0.25, -0.2) is 4.79 Å². The number of pyridine rings is 1. The third kappa shape index (κ3) is 3.48. The molecule has 1 aromatic carbocycles. The lowest BCUT2D eigenvalue weighted by molar-refractivity contribution is -0.137. The Balaban J connectivity index is 2.43. The first-order valence-electron chi connectivity index (χ1n) is 5.98. The Kier molecular flexibility index (Phi) is 4.27. The van der Waals surface area contributed by atoms with Gasteiger partial charge in [0.25, 0.3) is 5.56 Å². The van der Waals surface area contributed by atoms with Crippen LogP contribution >= 0.6 is 11.6 Å². The van der Waals surface area contributed by atoms with Gasteiger partial charge in [-0.05, 0) is 23.8 Å². The van der Waals surface area contributed by atoms with Gasteiger partial charge in [0.15, 0.2) is 0 Å². The van der Waals surface area contributed by atoms with Gasteiger partial charge in [-0.1, -0.05) is 23.7 Å². The molecular formula is C14H9ClF3NO3. The smallest absolute Gasteiger partial charge is 0.416 e. The van der Waals surface area contributed by atoms with Gasteiger partial charge in [0.1, 0.15) is 5.02 Å². The fourth-order valence-electron chi connectivity index (χ4n) is 1.88. The van der Waals surface area contributed by atoms with Gasteiger partial charge in [-0.15, -0.1) is 0 Å². The molecule has 8 heteroatoms. The van der Waals surface area contributed by atoms with Crippen LogP contribution in [0.3, 0.4) is 0 Å². The molecule has 2 aromatic rings. The molecule has 0 bridgehead atoms. The van der Waals surface area contributed by atoms with Crippen LogP contribution in [-0.4, -0.2) is 15.6 Å². The number of halogens is 4. The van der Waals surface area contributed by atoms with E-state index in [4.69, 9.17) is 16.7 Å². The van der Waals surface area contributed by atoms with Crippen LogP contribution in [0.2, 0.25) is 5.02 Å². The van der Waals surface area contributed by atoms with E-state index < -0.39 is 23.3 Å². The average Bonchev–Trinajstić information content (AvgIpc) is 2.43. The zero-order chi connectivity index (χ0) is 16.5. The summed E-state index contributed by atoms with van der Waals surface area (Å²) in [5.41, 5.74) is -1.55. The highest BCUT2D eigenvalue weighted by molar-refractivity contribution is 6.30. The first-order valence-corrected chi connectivity index (χ1v) is 6.35. The van der Waals surface area contributed by atoms with Crippen LogP contribution in [0.4, 0.5) is 13.2 Å². The molecule has 0 radical (unpaired) electrons. The predicted molar refractivity (Wildman–Crippen MR) is 73.2 cm³/mol. The summed E-state index contributed by atoms with van der Waals surface area (Å²) < 4.78 is 38.9. The molecule has 0 spiro atoms. The van der Waals surface area contributed by atoms with E-state index in [1.807, 2.05) is 0 Å². The summed E-state index contributed by atoms with van der Waals surface area (Å²) in [7, 11) is 0. The third-order valence-electron chi connectivity index (χ3n) is 2.90. The zero-order valence-corrected chi connectivity index (χ0v) is 11.6.